The predicted molar refractivity (Wildman–Crippen MR) is 72.6 cm³/mol. The third kappa shape index (κ3) is 1.87. The van der Waals surface area contributed by atoms with Crippen molar-refractivity contribution in [3.8, 4) is 11.5 Å². The zero-order chi connectivity index (χ0) is 11.8. The molecule has 0 aliphatic carbocycles. The number of rotatable bonds is 0. The molecular weight excluding hydrogens is 278 g/mol. The molecular formula is C14H10BrNO. The zero-order valence-electron chi connectivity index (χ0n) is 9.27. The van der Waals surface area contributed by atoms with Gasteiger partial charge in [0.2, 0.25) is 0 Å². The van der Waals surface area contributed by atoms with Crippen LogP contribution in [0.15, 0.2) is 45.9 Å². The van der Waals surface area contributed by atoms with E-state index < -0.39 is 0 Å². The maximum atomic E-state index is 5.91. The van der Waals surface area contributed by atoms with Gasteiger partial charge in [0.1, 0.15) is 11.4 Å². The van der Waals surface area contributed by atoms with Crippen LogP contribution in [0, 0.1) is 6.92 Å². The van der Waals surface area contributed by atoms with Crippen molar-refractivity contribution in [1.82, 2.24) is 0 Å². The number of fused-ring (bicyclic) bond motifs is 2. The summed E-state index contributed by atoms with van der Waals surface area (Å²) >= 11 is 3.44. The fourth-order valence-electron chi connectivity index (χ4n) is 1.84. The molecule has 2 aromatic rings. The number of hydrogen-bond acceptors (Lipinski definition) is 2. The topological polar surface area (TPSA) is 21.6 Å². The molecule has 1 aliphatic rings. The summed E-state index contributed by atoms with van der Waals surface area (Å²) in [6.07, 6.45) is 1.87. The first-order chi connectivity index (χ1) is 8.24. The van der Waals surface area contributed by atoms with Crippen LogP contribution in [0.1, 0.15) is 11.1 Å². The summed E-state index contributed by atoms with van der Waals surface area (Å²) in [6.45, 7) is 2.06. The number of benzene rings is 2. The van der Waals surface area contributed by atoms with Crippen LogP contribution < -0.4 is 4.74 Å². The number of ether oxygens (including phenoxy) is 1. The molecule has 0 bridgehead atoms. The lowest BCUT2D eigenvalue weighted by molar-refractivity contribution is 0.484. The summed E-state index contributed by atoms with van der Waals surface area (Å²) in [5, 5.41) is 0. The molecule has 0 amide bonds. The van der Waals surface area contributed by atoms with E-state index in [9.17, 15) is 0 Å². The Hall–Kier alpha value is -1.61. The molecule has 84 valence electrons. The molecule has 0 atom stereocenters. The number of halogens is 1. The normalized spacial score (nSPS) is 12.4. The smallest absolute Gasteiger partial charge is 0.154 e. The van der Waals surface area contributed by atoms with Crippen LogP contribution in [-0.4, -0.2) is 6.21 Å². The van der Waals surface area contributed by atoms with Gasteiger partial charge in [0.25, 0.3) is 0 Å². The van der Waals surface area contributed by atoms with E-state index in [2.05, 4.69) is 33.9 Å². The molecule has 3 heteroatoms. The fourth-order valence-corrected chi connectivity index (χ4v) is 2.18. The van der Waals surface area contributed by atoms with E-state index in [1.54, 1.807) is 0 Å². The summed E-state index contributed by atoms with van der Waals surface area (Å²) in [4.78, 5) is 4.46. The van der Waals surface area contributed by atoms with Gasteiger partial charge in [0.05, 0.1) is 0 Å². The average Bonchev–Trinajstić information content (AvgIpc) is 2.48. The fraction of sp³-hybridized carbons (Fsp3) is 0.0714. The van der Waals surface area contributed by atoms with Gasteiger partial charge in [-0.05, 0) is 36.8 Å². The van der Waals surface area contributed by atoms with Gasteiger partial charge in [0.15, 0.2) is 5.75 Å². The Balaban J connectivity index is 2.20. The first kappa shape index (κ1) is 10.5. The summed E-state index contributed by atoms with van der Waals surface area (Å²) in [6, 6.07) is 11.8. The summed E-state index contributed by atoms with van der Waals surface area (Å²) in [7, 11) is 0. The van der Waals surface area contributed by atoms with Gasteiger partial charge < -0.3 is 4.74 Å². The first-order valence-corrected chi connectivity index (χ1v) is 6.14. The van der Waals surface area contributed by atoms with Crippen molar-refractivity contribution >= 4 is 27.8 Å². The predicted octanol–water partition coefficient (Wildman–Crippen LogP) is 4.61. The van der Waals surface area contributed by atoms with Gasteiger partial charge in [0, 0.05) is 16.3 Å². The van der Waals surface area contributed by atoms with Crippen LogP contribution in [-0.2, 0) is 0 Å². The third-order valence-corrected chi connectivity index (χ3v) is 3.25. The second-order valence-electron chi connectivity index (χ2n) is 3.96. The van der Waals surface area contributed by atoms with Gasteiger partial charge in [-0.25, -0.2) is 0 Å². The Morgan fingerprint density at radius 1 is 1.12 bits per heavy atom. The van der Waals surface area contributed by atoms with Crippen LogP contribution in [0.25, 0.3) is 0 Å². The summed E-state index contributed by atoms with van der Waals surface area (Å²) in [5.74, 6) is 1.63. The number of aryl methyl sites for hydroxylation is 1. The van der Waals surface area contributed by atoms with Crippen molar-refractivity contribution in [2.75, 3.05) is 0 Å². The minimum Gasteiger partial charge on any atom is -0.454 e. The van der Waals surface area contributed by atoms with Gasteiger partial charge >= 0.3 is 0 Å². The van der Waals surface area contributed by atoms with Gasteiger partial charge in [-0.1, -0.05) is 28.1 Å². The van der Waals surface area contributed by atoms with Crippen molar-refractivity contribution in [3.05, 3.63) is 52.0 Å². The van der Waals surface area contributed by atoms with Gasteiger partial charge in [-0.3, -0.25) is 4.99 Å². The summed E-state index contributed by atoms with van der Waals surface area (Å²) < 4.78 is 6.90. The molecule has 3 rings (SSSR count). The van der Waals surface area contributed by atoms with E-state index in [1.165, 1.54) is 0 Å². The molecule has 0 spiro atoms. The van der Waals surface area contributed by atoms with Crippen molar-refractivity contribution in [3.63, 3.8) is 0 Å². The third-order valence-electron chi connectivity index (χ3n) is 2.76. The van der Waals surface area contributed by atoms with Crippen molar-refractivity contribution < 1.29 is 4.74 Å². The van der Waals surface area contributed by atoms with Crippen molar-refractivity contribution in [1.29, 1.82) is 0 Å². The van der Waals surface area contributed by atoms with E-state index in [4.69, 9.17) is 4.74 Å². The monoisotopic (exact) mass is 287 g/mol. The van der Waals surface area contributed by atoms with Gasteiger partial charge in [-0.2, -0.15) is 0 Å². The van der Waals surface area contributed by atoms with Crippen LogP contribution in [0.2, 0.25) is 0 Å². The molecule has 0 aromatic heterocycles. The molecule has 1 heterocycles. The second-order valence-corrected chi connectivity index (χ2v) is 4.87. The van der Waals surface area contributed by atoms with Crippen LogP contribution in [0.5, 0.6) is 11.5 Å². The number of nitrogens with zero attached hydrogens (tertiary/aromatic N) is 1. The highest BCUT2D eigenvalue weighted by Crippen LogP contribution is 2.38. The Bertz CT molecular complexity index is 620. The van der Waals surface area contributed by atoms with Gasteiger partial charge in [-0.15, -0.1) is 0 Å². The lowest BCUT2D eigenvalue weighted by Crippen LogP contribution is -1.91. The summed E-state index contributed by atoms with van der Waals surface area (Å²) in [5.41, 5.74) is 3.06. The number of hydrogen-bond donors (Lipinski definition) is 0. The van der Waals surface area contributed by atoms with E-state index >= 15 is 0 Å². The SMILES string of the molecule is Cc1cccc2c1C=Nc1ccc(Br)cc1O2. The minimum atomic E-state index is 0.778. The molecule has 2 nitrogen and oxygen atoms in total. The Morgan fingerprint density at radius 3 is 2.88 bits per heavy atom. The molecule has 0 unspecified atom stereocenters. The van der Waals surface area contributed by atoms with E-state index in [0.29, 0.717) is 0 Å². The highest BCUT2D eigenvalue weighted by Gasteiger charge is 2.12. The van der Waals surface area contributed by atoms with Crippen molar-refractivity contribution in [2.24, 2.45) is 4.99 Å². The molecule has 0 saturated heterocycles. The molecule has 0 N–H and O–H groups in total. The standard InChI is InChI=1S/C14H10BrNO/c1-9-3-2-4-13-11(9)8-16-12-6-5-10(15)7-14(12)17-13/h2-8H,1H3. The van der Waals surface area contributed by atoms with E-state index in [1.807, 2.05) is 36.5 Å². The van der Waals surface area contributed by atoms with E-state index in [-0.39, 0.29) is 0 Å². The molecule has 0 fully saturated rings. The Morgan fingerprint density at radius 2 is 2.00 bits per heavy atom. The Kier molecular flexibility index (Phi) is 2.48. The molecule has 17 heavy (non-hydrogen) atoms. The van der Waals surface area contributed by atoms with Crippen LogP contribution in [0.4, 0.5) is 5.69 Å². The maximum Gasteiger partial charge on any atom is 0.154 e. The van der Waals surface area contributed by atoms with Crippen molar-refractivity contribution in [2.45, 2.75) is 6.92 Å². The number of aliphatic imine (C=N–C) groups is 1. The zero-order valence-corrected chi connectivity index (χ0v) is 10.9. The highest BCUT2D eigenvalue weighted by molar-refractivity contribution is 9.10. The van der Waals surface area contributed by atoms with Crippen LogP contribution in [0.3, 0.4) is 0 Å². The molecule has 1 aliphatic heterocycles. The molecule has 0 saturated carbocycles. The minimum absolute atomic E-state index is 0.778. The quantitative estimate of drug-likeness (QED) is 0.591. The molecule has 0 radical (unpaired) electrons. The Labute approximate surface area is 108 Å². The first-order valence-electron chi connectivity index (χ1n) is 5.35. The maximum absolute atomic E-state index is 5.91. The highest BCUT2D eigenvalue weighted by atomic mass is 79.9. The lowest BCUT2D eigenvalue weighted by atomic mass is 10.1. The largest absolute Gasteiger partial charge is 0.454 e. The lowest BCUT2D eigenvalue weighted by Gasteiger charge is -2.09. The van der Waals surface area contributed by atoms with E-state index in [0.717, 1.165) is 32.8 Å². The second kappa shape index (κ2) is 4.00. The van der Waals surface area contributed by atoms with Crippen LogP contribution >= 0.6 is 15.9 Å². The molecule has 2 aromatic carbocycles. The average molecular weight is 288 g/mol.